The highest BCUT2D eigenvalue weighted by Crippen LogP contribution is 1.97. The number of ether oxygens (including phenoxy) is 1. The number of imidazole rings is 1. The smallest absolute Gasteiger partial charge is 0.325 e. The van der Waals surface area contributed by atoms with Crippen LogP contribution in [0.4, 0.5) is 0 Å². The highest BCUT2D eigenvalue weighted by molar-refractivity contribution is 4.75. The maximum Gasteiger partial charge on any atom is 0.325 e. The Labute approximate surface area is 77.5 Å². The summed E-state index contributed by atoms with van der Waals surface area (Å²) < 4.78 is 6.62. The van der Waals surface area contributed by atoms with Crippen molar-refractivity contribution in [2.45, 2.75) is 25.8 Å². The lowest BCUT2D eigenvalue weighted by molar-refractivity contribution is 0.191. The highest BCUT2D eigenvalue weighted by Gasteiger charge is 1.94. The molecule has 74 valence electrons. The molecule has 4 heteroatoms. The summed E-state index contributed by atoms with van der Waals surface area (Å²) in [5.41, 5.74) is -0.0215. The summed E-state index contributed by atoms with van der Waals surface area (Å²) in [6, 6.07) is 0. The zero-order chi connectivity index (χ0) is 9.52. The predicted octanol–water partition coefficient (Wildman–Crippen LogP) is 0.993. The molecule has 13 heavy (non-hydrogen) atoms. The zero-order valence-electron chi connectivity index (χ0n) is 7.95. The molecule has 0 aliphatic heterocycles. The molecular formula is C9H16N2O2. The Balaban J connectivity index is 2.13. The number of rotatable bonds is 6. The van der Waals surface area contributed by atoms with E-state index in [0.717, 1.165) is 32.4 Å². The van der Waals surface area contributed by atoms with Gasteiger partial charge in [-0.25, -0.2) is 4.79 Å². The fourth-order valence-electron chi connectivity index (χ4n) is 1.23. The number of hydrogen-bond donors (Lipinski definition) is 1. The number of nitrogens with zero attached hydrogens (tertiary/aromatic N) is 1. The van der Waals surface area contributed by atoms with Gasteiger partial charge in [0.1, 0.15) is 0 Å². The lowest BCUT2D eigenvalue weighted by Gasteiger charge is -2.00. The topological polar surface area (TPSA) is 47.0 Å². The number of aromatic amines is 1. The third-order valence-corrected chi connectivity index (χ3v) is 1.97. The molecule has 0 aromatic carbocycles. The van der Waals surface area contributed by atoms with Gasteiger partial charge in [-0.3, -0.25) is 4.57 Å². The van der Waals surface area contributed by atoms with Crippen LogP contribution < -0.4 is 5.69 Å². The minimum atomic E-state index is -0.0215. The lowest BCUT2D eigenvalue weighted by Crippen LogP contribution is -2.16. The van der Waals surface area contributed by atoms with Crippen LogP contribution >= 0.6 is 0 Å². The molecule has 0 bridgehead atoms. The number of nitrogens with one attached hydrogen (secondary N) is 1. The van der Waals surface area contributed by atoms with Gasteiger partial charge >= 0.3 is 5.69 Å². The Kier molecular flexibility index (Phi) is 4.32. The maximum absolute atomic E-state index is 11.0. The Morgan fingerprint density at radius 3 is 2.92 bits per heavy atom. The predicted molar refractivity (Wildman–Crippen MR) is 50.8 cm³/mol. The molecule has 4 nitrogen and oxygen atoms in total. The van der Waals surface area contributed by atoms with E-state index in [1.165, 1.54) is 0 Å². The van der Waals surface area contributed by atoms with E-state index in [-0.39, 0.29) is 5.69 Å². The summed E-state index contributed by atoms with van der Waals surface area (Å²) in [5, 5.41) is 0. The van der Waals surface area contributed by atoms with Gasteiger partial charge in [-0.1, -0.05) is 0 Å². The zero-order valence-corrected chi connectivity index (χ0v) is 7.95. The molecule has 1 heterocycles. The van der Waals surface area contributed by atoms with Crippen LogP contribution in [0.1, 0.15) is 19.3 Å². The van der Waals surface area contributed by atoms with Gasteiger partial charge in [0.15, 0.2) is 0 Å². The lowest BCUT2D eigenvalue weighted by atomic mass is 10.2. The average Bonchev–Trinajstić information content (AvgIpc) is 2.52. The van der Waals surface area contributed by atoms with E-state index in [2.05, 4.69) is 4.98 Å². The molecule has 0 unspecified atom stereocenters. The summed E-state index contributed by atoms with van der Waals surface area (Å²) >= 11 is 0. The molecule has 1 aromatic rings. The molecule has 1 rings (SSSR count). The van der Waals surface area contributed by atoms with Gasteiger partial charge in [0.05, 0.1) is 0 Å². The van der Waals surface area contributed by atoms with E-state index in [1.54, 1.807) is 24.1 Å². The van der Waals surface area contributed by atoms with E-state index in [9.17, 15) is 4.79 Å². The first kappa shape index (κ1) is 10.1. The van der Waals surface area contributed by atoms with Crippen molar-refractivity contribution >= 4 is 0 Å². The molecule has 0 fully saturated rings. The third-order valence-electron chi connectivity index (χ3n) is 1.97. The van der Waals surface area contributed by atoms with Crippen molar-refractivity contribution in [1.29, 1.82) is 0 Å². The monoisotopic (exact) mass is 184 g/mol. The standard InChI is InChI=1S/C9H16N2O2/c1-13-8-4-2-3-6-11-7-5-10-9(11)12/h5,7H,2-4,6,8H2,1H3,(H,10,12). The molecule has 0 atom stereocenters. The summed E-state index contributed by atoms with van der Waals surface area (Å²) in [6.45, 7) is 1.61. The average molecular weight is 184 g/mol. The number of aromatic nitrogens is 2. The molecule has 0 spiro atoms. The van der Waals surface area contributed by atoms with Crippen molar-refractivity contribution in [3.05, 3.63) is 22.9 Å². The molecule has 0 aliphatic carbocycles. The number of unbranched alkanes of at least 4 members (excludes halogenated alkanes) is 2. The van der Waals surface area contributed by atoms with Gasteiger partial charge in [0, 0.05) is 32.7 Å². The first-order chi connectivity index (χ1) is 6.34. The molecular weight excluding hydrogens is 168 g/mol. The van der Waals surface area contributed by atoms with Crippen LogP contribution in [-0.2, 0) is 11.3 Å². The second kappa shape index (κ2) is 5.59. The van der Waals surface area contributed by atoms with Gasteiger partial charge in [-0.2, -0.15) is 0 Å². The molecule has 0 saturated carbocycles. The Morgan fingerprint density at radius 1 is 1.46 bits per heavy atom. The molecule has 1 aromatic heterocycles. The highest BCUT2D eigenvalue weighted by atomic mass is 16.5. The van der Waals surface area contributed by atoms with Crippen LogP contribution in [0.3, 0.4) is 0 Å². The summed E-state index contributed by atoms with van der Waals surface area (Å²) in [6.07, 6.45) is 6.64. The van der Waals surface area contributed by atoms with Crippen molar-refractivity contribution in [3.8, 4) is 0 Å². The van der Waals surface area contributed by atoms with Crippen LogP contribution in [0.15, 0.2) is 17.2 Å². The number of H-pyrrole nitrogens is 1. The van der Waals surface area contributed by atoms with E-state index >= 15 is 0 Å². The molecule has 0 amide bonds. The summed E-state index contributed by atoms with van der Waals surface area (Å²) in [7, 11) is 1.71. The Hall–Kier alpha value is -1.03. The fourth-order valence-corrected chi connectivity index (χ4v) is 1.23. The second-order valence-corrected chi connectivity index (χ2v) is 3.01. The SMILES string of the molecule is COCCCCCn1cc[nH]c1=O. The summed E-state index contributed by atoms with van der Waals surface area (Å²) in [5.74, 6) is 0. The van der Waals surface area contributed by atoms with Crippen molar-refractivity contribution in [2.75, 3.05) is 13.7 Å². The minimum absolute atomic E-state index is 0.0215. The maximum atomic E-state index is 11.0. The van der Waals surface area contributed by atoms with Crippen molar-refractivity contribution in [3.63, 3.8) is 0 Å². The molecule has 0 saturated heterocycles. The van der Waals surface area contributed by atoms with Crippen molar-refractivity contribution in [1.82, 2.24) is 9.55 Å². The van der Waals surface area contributed by atoms with E-state index in [4.69, 9.17) is 4.74 Å². The van der Waals surface area contributed by atoms with Crippen LogP contribution in [0, 0.1) is 0 Å². The van der Waals surface area contributed by atoms with E-state index in [1.807, 2.05) is 0 Å². The van der Waals surface area contributed by atoms with Crippen LogP contribution in [0.2, 0.25) is 0 Å². The largest absolute Gasteiger partial charge is 0.385 e. The summed E-state index contributed by atoms with van der Waals surface area (Å²) in [4.78, 5) is 13.6. The number of hydrogen-bond acceptors (Lipinski definition) is 2. The van der Waals surface area contributed by atoms with Gasteiger partial charge in [0.2, 0.25) is 0 Å². The van der Waals surface area contributed by atoms with Gasteiger partial charge in [0.25, 0.3) is 0 Å². The van der Waals surface area contributed by atoms with Crippen molar-refractivity contribution < 1.29 is 4.74 Å². The first-order valence-corrected chi connectivity index (χ1v) is 4.57. The minimum Gasteiger partial charge on any atom is -0.385 e. The van der Waals surface area contributed by atoms with Crippen LogP contribution in [-0.4, -0.2) is 23.3 Å². The quantitative estimate of drug-likeness (QED) is 0.670. The number of aryl methyl sites for hydroxylation is 1. The Bertz CT molecular complexity index is 277. The van der Waals surface area contributed by atoms with Crippen LogP contribution in [0.5, 0.6) is 0 Å². The van der Waals surface area contributed by atoms with E-state index in [0.29, 0.717) is 0 Å². The molecule has 1 N–H and O–H groups in total. The van der Waals surface area contributed by atoms with Gasteiger partial charge < -0.3 is 9.72 Å². The fraction of sp³-hybridized carbons (Fsp3) is 0.667. The Morgan fingerprint density at radius 2 is 2.31 bits per heavy atom. The van der Waals surface area contributed by atoms with Gasteiger partial charge in [-0.15, -0.1) is 0 Å². The van der Waals surface area contributed by atoms with Gasteiger partial charge in [-0.05, 0) is 19.3 Å². The molecule has 0 aliphatic rings. The van der Waals surface area contributed by atoms with Crippen LogP contribution in [0.25, 0.3) is 0 Å². The van der Waals surface area contributed by atoms with Crippen molar-refractivity contribution in [2.24, 2.45) is 0 Å². The second-order valence-electron chi connectivity index (χ2n) is 3.01. The normalized spacial score (nSPS) is 10.5. The number of methoxy groups -OCH3 is 1. The first-order valence-electron chi connectivity index (χ1n) is 4.57. The van der Waals surface area contributed by atoms with E-state index < -0.39 is 0 Å². The third kappa shape index (κ3) is 3.46. The molecule has 0 radical (unpaired) electrons.